The fourth-order valence-electron chi connectivity index (χ4n) is 2.46. The number of halogens is 3. The van der Waals surface area contributed by atoms with Crippen LogP contribution < -0.4 is 5.73 Å². The first-order valence-corrected chi connectivity index (χ1v) is 6.43. The highest BCUT2D eigenvalue weighted by Crippen LogP contribution is 2.38. The van der Waals surface area contributed by atoms with Crippen molar-refractivity contribution in [3.63, 3.8) is 0 Å². The molecule has 12 heteroatoms. The van der Waals surface area contributed by atoms with Gasteiger partial charge in [-0.3, -0.25) is 4.57 Å². The van der Waals surface area contributed by atoms with E-state index in [2.05, 4.69) is 15.0 Å². The molecule has 0 spiro atoms. The van der Waals surface area contributed by atoms with Crippen molar-refractivity contribution in [1.29, 1.82) is 0 Å². The maximum absolute atomic E-state index is 13.3. The first-order valence-electron chi connectivity index (χ1n) is 6.43. The Morgan fingerprint density at radius 2 is 1.96 bits per heavy atom. The SMILES string of the molecule is Nc1ncnc2c1nc(C(F)(F)F)n2[C@@H]1O[C@H](CO)[C@@H](O)[C@H]1O. The van der Waals surface area contributed by atoms with Crippen LogP contribution in [0.5, 0.6) is 0 Å². The van der Waals surface area contributed by atoms with E-state index in [1.807, 2.05) is 0 Å². The van der Waals surface area contributed by atoms with Gasteiger partial charge < -0.3 is 25.8 Å². The van der Waals surface area contributed by atoms with Gasteiger partial charge >= 0.3 is 6.18 Å². The summed E-state index contributed by atoms with van der Waals surface area (Å²) in [5.41, 5.74) is 4.90. The maximum atomic E-state index is 13.3. The lowest BCUT2D eigenvalue weighted by atomic mass is 10.1. The number of hydrogen-bond donors (Lipinski definition) is 4. The largest absolute Gasteiger partial charge is 0.449 e. The summed E-state index contributed by atoms with van der Waals surface area (Å²) < 4.78 is 45.4. The lowest BCUT2D eigenvalue weighted by molar-refractivity contribution is -0.154. The lowest BCUT2D eigenvalue weighted by Gasteiger charge is -2.20. The van der Waals surface area contributed by atoms with E-state index in [9.17, 15) is 23.4 Å². The number of imidazole rings is 1. The molecular weight excluding hydrogens is 323 g/mol. The Morgan fingerprint density at radius 3 is 2.52 bits per heavy atom. The minimum Gasteiger partial charge on any atom is -0.394 e. The molecule has 0 unspecified atom stereocenters. The van der Waals surface area contributed by atoms with Gasteiger partial charge in [-0.2, -0.15) is 13.2 Å². The van der Waals surface area contributed by atoms with Gasteiger partial charge in [0.05, 0.1) is 6.61 Å². The minimum atomic E-state index is -4.89. The zero-order chi connectivity index (χ0) is 16.9. The fourth-order valence-corrected chi connectivity index (χ4v) is 2.46. The topological polar surface area (TPSA) is 140 Å². The number of nitrogen functional groups attached to an aromatic ring is 1. The van der Waals surface area contributed by atoms with Crippen LogP contribution in [0.4, 0.5) is 19.0 Å². The van der Waals surface area contributed by atoms with Gasteiger partial charge in [0.25, 0.3) is 0 Å². The number of anilines is 1. The van der Waals surface area contributed by atoms with Crippen LogP contribution in [0.2, 0.25) is 0 Å². The molecular formula is C11H12F3N5O4. The molecule has 0 bridgehead atoms. The zero-order valence-electron chi connectivity index (χ0n) is 11.3. The lowest BCUT2D eigenvalue weighted by Crippen LogP contribution is -2.33. The summed E-state index contributed by atoms with van der Waals surface area (Å²) in [5.74, 6) is -1.68. The van der Waals surface area contributed by atoms with Gasteiger partial charge in [-0.05, 0) is 0 Å². The van der Waals surface area contributed by atoms with Crippen molar-refractivity contribution in [2.24, 2.45) is 0 Å². The highest BCUT2D eigenvalue weighted by molar-refractivity contribution is 5.82. The number of aliphatic hydroxyl groups excluding tert-OH is 3. The van der Waals surface area contributed by atoms with E-state index < -0.39 is 43.1 Å². The first-order chi connectivity index (χ1) is 10.8. The third kappa shape index (κ3) is 2.39. The average Bonchev–Trinajstić information content (AvgIpc) is 2.99. The van der Waals surface area contributed by atoms with Gasteiger partial charge in [0.2, 0.25) is 5.82 Å². The molecule has 3 rings (SSSR count). The Labute approximate surface area is 126 Å². The van der Waals surface area contributed by atoms with E-state index in [0.29, 0.717) is 4.57 Å². The molecule has 3 heterocycles. The molecule has 4 atom stereocenters. The minimum absolute atomic E-state index is 0.272. The molecule has 0 amide bonds. The van der Waals surface area contributed by atoms with Gasteiger partial charge in [-0.1, -0.05) is 0 Å². The van der Waals surface area contributed by atoms with E-state index in [4.69, 9.17) is 15.6 Å². The van der Waals surface area contributed by atoms with Crippen LogP contribution in [0.25, 0.3) is 11.2 Å². The molecule has 0 saturated carbocycles. The molecule has 1 aliphatic rings. The average molecular weight is 335 g/mol. The number of aromatic nitrogens is 4. The monoisotopic (exact) mass is 335 g/mol. The van der Waals surface area contributed by atoms with Crippen LogP contribution in [0.3, 0.4) is 0 Å². The Bertz CT molecular complexity index is 736. The molecule has 9 nitrogen and oxygen atoms in total. The quantitative estimate of drug-likeness (QED) is 0.550. The summed E-state index contributed by atoms with van der Waals surface area (Å²) in [4.78, 5) is 10.7. The number of hydrogen-bond acceptors (Lipinski definition) is 8. The number of alkyl halides is 3. The molecule has 2 aromatic heterocycles. The highest BCUT2D eigenvalue weighted by atomic mass is 19.4. The molecule has 5 N–H and O–H groups in total. The Balaban J connectivity index is 2.22. The molecule has 126 valence electrons. The zero-order valence-corrected chi connectivity index (χ0v) is 11.3. The summed E-state index contributed by atoms with van der Waals surface area (Å²) in [6.07, 6.45) is -10.1. The number of ether oxygens (including phenoxy) is 1. The predicted octanol–water partition coefficient (Wildman–Crippen LogP) is -0.961. The second-order valence-electron chi connectivity index (χ2n) is 4.96. The van der Waals surface area contributed by atoms with Gasteiger partial charge in [0, 0.05) is 0 Å². The number of aliphatic hydroxyl groups is 3. The standard InChI is InChI=1S/C11H12F3N5O4/c12-11(13,14)10-18-4-7(15)16-2-17-8(4)19(10)9-6(22)5(21)3(1-20)23-9/h2-3,5-6,9,20-22H,1H2,(H2,15,16,17)/t3-,5-,6-,9-/m1/s1. The number of nitrogens with two attached hydrogens (primary N) is 1. The second kappa shape index (κ2) is 5.26. The van der Waals surface area contributed by atoms with Crippen molar-refractivity contribution >= 4 is 17.0 Å². The summed E-state index contributed by atoms with van der Waals surface area (Å²) in [5, 5.41) is 28.8. The van der Waals surface area contributed by atoms with Crippen LogP contribution in [0.1, 0.15) is 12.1 Å². The molecule has 1 aliphatic heterocycles. The van der Waals surface area contributed by atoms with Crippen molar-refractivity contribution < 1.29 is 33.2 Å². The van der Waals surface area contributed by atoms with E-state index in [1.165, 1.54) is 0 Å². The molecule has 0 aromatic carbocycles. The van der Waals surface area contributed by atoms with Crippen LogP contribution in [0.15, 0.2) is 6.33 Å². The molecule has 0 radical (unpaired) electrons. The molecule has 2 aromatic rings. The normalized spacial score (nSPS) is 28.6. The van der Waals surface area contributed by atoms with E-state index >= 15 is 0 Å². The van der Waals surface area contributed by atoms with Crippen molar-refractivity contribution in [2.75, 3.05) is 12.3 Å². The smallest absolute Gasteiger partial charge is 0.394 e. The Morgan fingerprint density at radius 1 is 1.26 bits per heavy atom. The maximum Gasteiger partial charge on any atom is 0.449 e. The molecule has 1 saturated heterocycles. The van der Waals surface area contributed by atoms with Crippen LogP contribution in [-0.4, -0.2) is 59.8 Å². The third-order valence-electron chi connectivity index (χ3n) is 3.53. The first kappa shape index (κ1) is 15.9. The van der Waals surface area contributed by atoms with Gasteiger partial charge in [-0.15, -0.1) is 0 Å². The van der Waals surface area contributed by atoms with Crippen molar-refractivity contribution in [3.05, 3.63) is 12.2 Å². The van der Waals surface area contributed by atoms with Gasteiger partial charge in [0.15, 0.2) is 23.2 Å². The Kier molecular flexibility index (Phi) is 3.63. The summed E-state index contributed by atoms with van der Waals surface area (Å²) in [7, 11) is 0. The van der Waals surface area contributed by atoms with E-state index in [-0.39, 0.29) is 17.0 Å². The fraction of sp³-hybridized carbons (Fsp3) is 0.545. The highest BCUT2D eigenvalue weighted by Gasteiger charge is 2.48. The summed E-state index contributed by atoms with van der Waals surface area (Å²) in [6.45, 7) is -0.681. The third-order valence-corrected chi connectivity index (χ3v) is 3.53. The number of nitrogens with zero attached hydrogens (tertiary/aromatic N) is 4. The number of rotatable bonds is 2. The van der Waals surface area contributed by atoms with Gasteiger partial charge in [0.1, 0.15) is 24.6 Å². The van der Waals surface area contributed by atoms with Gasteiger partial charge in [-0.25, -0.2) is 15.0 Å². The Hall–Kier alpha value is -2.02. The molecule has 0 aliphatic carbocycles. The molecule has 1 fully saturated rings. The van der Waals surface area contributed by atoms with Crippen LogP contribution in [-0.2, 0) is 10.9 Å². The number of fused-ring (bicyclic) bond motifs is 1. The van der Waals surface area contributed by atoms with Crippen molar-refractivity contribution in [2.45, 2.75) is 30.7 Å². The summed E-state index contributed by atoms with van der Waals surface area (Å²) in [6, 6.07) is 0. The van der Waals surface area contributed by atoms with E-state index in [0.717, 1.165) is 6.33 Å². The second-order valence-corrected chi connectivity index (χ2v) is 4.96. The predicted molar refractivity (Wildman–Crippen MR) is 67.7 cm³/mol. The van der Waals surface area contributed by atoms with Crippen molar-refractivity contribution in [3.8, 4) is 0 Å². The van der Waals surface area contributed by atoms with Crippen molar-refractivity contribution in [1.82, 2.24) is 19.5 Å². The summed E-state index contributed by atoms with van der Waals surface area (Å²) >= 11 is 0. The van der Waals surface area contributed by atoms with Crippen LogP contribution in [0, 0.1) is 0 Å². The molecule has 23 heavy (non-hydrogen) atoms. The van der Waals surface area contributed by atoms with Crippen LogP contribution >= 0.6 is 0 Å². The van der Waals surface area contributed by atoms with E-state index in [1.54, 1.807) is 0 Å².